The Labute approximate surface area is 118 Å². The van der Waals surface area contributed by atoms with Gasteiger partial charge in [0, 0.05) is 26.1 Å². The normalized spacial score (nSPS) is 12.3. The number of nitrogens with zero attached hydrogens (tertiary/aromatic N) is 2. The first-order valence-electron chi connectivity index (χ1n) is 6.60. The van der Waals surface area contributed by atoms with E-state index in [0.29, 0.717) is 25.5 Å². The zero-order chi connectivity index (χ0) is 14.4. The summed E-state index contributed by atoms with van der Waals surface area (Å²) >= 11 is 0. The predicted octanol–water partition coefficient (Wildman–Crippen LogP) is 1.48. The number of nitrogens with one attached hydrogen (secondary N) is 2. The van der Waals surface area contributed by atoms with Crippen LogP contribution in [-0.4, -0.2) is 48.5 Å². The Kier molecular flexibility index (Phi) is 5.09. The van der Waals surface area contributed by atoms with E-state index < -0.39 is 6.10 Å². The molecule has 1 heterocycles. The van der Waals surface area contributed by atoms with Gasteiger partial charge in [0.25, 0.3) is 0 Å². The first-order valence-corrected chi connectivity index (χ1v) is 6.60. The summed E-state index contributed by atoms with van der Waals surface area (Å²) in [7, 11) is 3.37. The van der Waals surface area contributed by atoms with Gasteiger partial charge in [-0.3, -0.25) is 0 Å². The van der Waals surface area contributed by atoms with Gasteiger partial charge in [0.1, 0.15) is 5.82 Å². The predicted molar refractivity (Wildman–Crippen MR) is 80.1 cm³/mol. The molecule has 0 saturated carbocycles. The molecule has 0 fully saturated rings. The molecule has 108 valence electrons. The van der Waals surface area contributed by atoms with Gasteiger partial charge >= 0.3 is 0 Å². The summed E-state index contributed by atoms with van der Waals surface area (Å²) in [6.07, 6.45) is 0.130. The van der Waals surface area contributed by atoms with Crippen molar-refractivity contribution < 1.29 is 9.84 Å². The van der Waals surface area contributed by atoms with Crippen molar-refractivity contribution in [1.82, 2.24) is 9.97 Å². The smallest absolute Gasteiger partial charge is 0.224 e. The van der Waals surface area contributed by atoms with Crippen molar-refractivity contribution in [2.45, 2.75) is 12.5 Å². The van der Waals surface area contributed by atoms with Crippen LogP contribution in [0, 0.1) is 0 Å². The largest absolute Gasteiger partial charge is 0.391 e. The van der Waals surface area contributed by atoms with E-state index in [4.69, 9.17) is 4.74 Å². The third kappa shape index (κ3) is 3.55. The van der Waals surface area contributed by atoms with E-state index in [-0.39, 0.29) is 0 Å². The third-order valence-corrected chi connectivity index (χ3v) is 2.96. The maximum Gasteiger partial charge on any atom is 0.224 e. The molecule has 3 N–H and O–H groups in total. The summed E-state index contributed by atoms with van der Waals surface area (Å²) < 4.78 is 4.90. The van der Waals surface area contributed by atoms with Crippen LogP contribution in [0.4, 0.5) is 11.8 Å². The lowest BCUT2D eigenvalue weighted by Crippen LogP contribution is -2.19. The highest BCUT2D eigenvalue weighted by Gasteiger charge is 2.07. The first-order chi connectivity index (χ1) is 9.74. The Bertz CT molecular complexity index is 562. The van der Waals surface area contributed by atoms with E-state index >= 15 is 0 Å². The summed E-state index contributed by atoms with van der Waals surface area (Å²) in [4.78, 5) is 8.81. The Balaban J connectivity index is 2.12. The van der Waals surface area contributed by atoms with Crippen molar-refractivity contribution in [1.29, 1.82) is 0 Å². The molecule has 0 radical (unpaired) electrons. The number of aliphatic hydroxyl groups is 1. The molecule has 2 rings (SSSR count). The average molecular weight is 276 g/mol. The molecule has 20 heavy (non-hydrogen) atoms. The van der Waals surface area contributed by atoms with Gasteiger partial charge in [0.15, 0.2) is 0 Å². The second kappa shape index (κ2) is 7.02. The van der Waals surface area contributed by atoms with Gasteiger partial charge in [0.05, 0.1) is 18.2 Å². The molecule has 1 aromatic heterocycles. The van der Waals surface area contributed by atoms with Gasteiger partial charge in [-0.1, -0.05) is 12.1 Å². The van der Waals surface area contributed by atoms with Gasteiger partial charge in [-0.15, -0.1) is 0 Å². The van der Waals surface area contributed by atoms with Gasteiger partial charge in [-0.25, -0.2) is 4.98 Å². The van der Waals surface area contributed by atoms with Crippen molar-refractivity contribution in [2.24, 2.45) is 0 Å². The molecule has 0 aliphatic carbocycles. The van der Waals surface area contributed by atoms with Crippen LogP contribution < -0.4 is 10.6 Å². The maximum absolute atomic E-state index is 9.63. The van der Waals surface area contributed by atoms with Crippen LogP contribution >= 0.6 is 0 Å². The summed E-state index contributed by atoms with van der Waals surface area (Å²) in [5, 5.41) is 16.8. The molecule has 0 saturated heterocycles. The molecule has 0 aliphatic heterocycles. The fraction of sp³-hybridized carbons (Fsp3) is 0.429. The molecule has 0 bridgehead atoms. The molecule has 0 spiro atoms. The maximum atomic E-state index is 9.63. The number of aliphatic hydroxyl groups excluding tert-OH is 1. The van der Waals surface area contributed by atoms with Crippen LogP contribution in [0.25, 0.3) is 10.9 Å². The number of hydrogen-bond acceptors (Lipinski definition) is 6. The summed E-state index contributed by atoms with van der Waals surface area (Å²) in [6.45, 7) is 0.961. The van der Waals surface area contributed by atoms with Crippen LogP contribution in [-0.2, 0) is 4.74 Å². The molecule has 2 aromatic rings. The number of aromatic nitrogens is 2. The topological polar surface area (TPSA) is 79.3 Å². The second-order valence-corrected chi connectivity index (χ2v) is 4.49. The second-order valence-electron chi connectivity index (χ2n) is 4.49. The molecule has 1 atom stereocenters. The molecule has 1 aromatic carbocycles. The zero-order valence-electron chi connectivity index (χ0n) is 11.8. The molecule has 0 aliphatic rings. The number of methoxy groups -OCH3 is 1. The van der Waals surface area contributed by atoms with Crippen molar-refractivity contribution in [3.05, 3.63) is 24.3 Å². The fourth-order valence-corrected chi connectivity index (χ4v) is 1.96. The van der Waals surface area contributed by atoms with E-state index in [0.717, 1.165) is 16.7 Å². The SMILES string of the molecule is CNc1nc(NCCC(O)COC)c2ccccc2n1. The summed E-state index contributed by atoms with van der Waals surface area (Å²) in [6, 6.07) is 7.82. The fourth-order valence-electron chi connectivity index (χ4n) is 1.96. The number of para-hydroxylation sites is 1. The lowest BCUT2D eigenvalue weighted by atomic mass is 10.2. The molecule has 0 amide bonds. The summed E-state index contributed by atoms with van der Waals surface area (Å²) in [5.74, 6) is 1.34. The van der Waals surface area contributed by atoms with Crippen LogP contribution in [0.15, 0.2) is 24.3 Å². The number of rotatable bonds is 7. The van der Waals surface area contributed by atoms with Crippen molar-refractivity contribution >= 4 is 22.7 Å². The van der Waals surface area contributed by atoms with Crippen LogP contribution in [0.5, 0.6) is 0 Å². The molecule has 6 heteroatoms. The monoisotopic (exact) mass is 276 g/mol. The van der Waals surface area contributed by atoms with Crippen molar-refractivity contribution in [3.8, 4) is 0 Å². The van der Waals surface area contributed by atoms with Crippen LogP contribution in [0.1, 0.15) is 6.42 Å². The highest BCUT2D eigenvalue weighted by molar-refractivity contribution is 5.89. The number of benzene rings is 1. The quantitative estimate of drug-likeness (QED) is 0.711. The number of fused-ring (bicyclic) bond motifs is 1. The summed E-state index contributed by atoms with van der Waals surface area (Å²) in [5.41, 5.74) is 0.881. The van der Waals surface area contributed by atoms with Crippen LogP contribution in [0.3, 0.4) is 0 Å². The minimum atomic E-state index is -0.468. The molecule has 1 unspecified atom stereocenters. The molecular weight excluding hydrogens is 256 g/mol. The number of ether oxygens (including phenoxy) is 1. The highest BCUT2D eigenvalue weighted by atomic mass is 16.5. The lowest BCUT2D eigenvalue weighted by molar-refractivity contribution is 0.0615. The van der Waals surface area contributed by atoms with E-state index in [1.165, 1.54) is 0 Å². The Morgan fingerprint density at radius 2 is 2.10 bits per heavy atom. The lowest BCUT2D eigenvalue weighted by Gasteiger charge is -2.12. The number of anilines is 2. The van der Waals surface area contributed by atoms with E-state index in [2.05, 4.69) is 20.6 Å². The van der Waals surface area contributed by atoms with Gasteiger partial charge in [0.2, 0.25) is 5.95 Å². The Morgan fingerprint density at radius 3 is 2.85 bits per heavy atom. The number of hydrogen-bond donors (Lipinski definition) is 3. The Hall–Kier alpha value is -1.92. The van der Waals surface area contributed by atoms with Crippen molar-refractivity contribution in [2.75, 3.05) is 37.9 Å². The van der Waals surface area contributed by atoms with E-state index in [9.17, 15) is 5.11 Å². The minimum Gasteiger partial charge on any atom is -0.391 e. The average Bonchev–Trinajstić information content (AvgIpc) is 2.47. The minimum absolute atomic E-state index is 0.341. The van der Waals surface area contributed by atoms with Crippen LogP contribution in [0.2, 0.25) is 0 Å². The van der Waals surface area contributed by atoms with E-state index in [1.54, 1.807) is 14.2 Å². The van der Waals surface area contributed by atoms with Gasteiger partial charge in [-0.05, 0) is 18.6 Å². The first kappa shape index (κ1) is 14.5. The molecule has 6 nitrogen and oxygen atoms in total. The standard InChI is InChI=1S/C14H20N4O2/c1-15-14-17-12-6-4-3-5-11(12)13(18-14)16-8-7-10(19)9-20-2/h3-6,10,19H,7-9H2,1-2H3,(H2,15,16,17,18). The molecular formula is C14H20N4O2. The van der Waals surface area contributed by atoms with E-state index in [1.807, 2.05) is 24.3 Å². The highest BCUT2D eigenvalue weighted by Crippen LogP contribution is 2.21. The van der Waals surface area contributed by atoms with Gasteiger partial charge in [-0.2, -0.15) is 4.98 Å². The van der Waals surface area contributed by atoms with Gasteiger partial charge < -0.3 is 20.5 Å². The Morgan fingerprint density at radius 1 is 1.30 bits per heavy atom. The third-order valence-electron chi connectivity index (χ3n) is 2.96. The zero-order valence-corrected chi connectivity index (χ0v) is 11.8. The van der Waals surface area contributed by atoms with Crippen molar-refractivity contribution in [3.63, 3.8) is 0 Å².